The van der Waals surface area contributed by atoms with Crippen LogP contribution in [0.5, 0.6) is 5.75 Å². The second kappa shape index (κ2) is 5.52. The number of aryl methyl sites for hydroxylation is 1. The molecule has 0 bridgehead atoms. The van der Waals surface area contributed by atoms with Crippen molar-refractivity contribution in [2.45, 2.75) is 13.5 Å². The summed E-state index contributed by atoms with van der Waals surface area (Å²) in [4.78, 5) is 10.7. The lowest BCUT2D eigenvalue weighted by Gasteiger charge is -2.08. The van der Waals surface area contributed by atoms with Gasteiger partial charge in [-0.3, -0.25) is 0 Å². The molecule has 0 amide bonds. The first kappa shape index (κ1) is 13.1. The largest absolute Gasteiger partial charge is 0.486 e. The molecule has 0 atom stereocenters. The Hall–Kier alpha value is -2.36. The van der Waals surface area contributed by atoms with Gasteiger partial charge in [0.25, 0.3) is 0 Å². The quantitative estimate of drug-likeness (QED) is 0.916. The zero-order chi connectivity index (χ0) is 13.8. The van der Waals surface area contributed by atoms with E-state index in [-0.39, 0.29) is 17.9 Å². The van der Waals surface area contributed by atoms with Crippen LogP contribution in [0.15, 0.2) is 42.5 Å². The second-order valence-electron chi connectivity index (χ2n) is 4.22. The van der Waals surface area contributed by atoms with Crippen molar-refractivity contribution >= 4 is 5.97 Å². The third-order valence-corrected chi connectivity index (χ3v) is 2.68. The number of rotatable bonds is 4. The van der Waals surface area contributed by atoms with E-state index >= 15 is 0 Å². The number of aromatic carboxylic acids is 1. The predicted octanol–water partition coefficient (Wildman–Crippen LogP) is 3.41. The molecular formula is C15H13FO3. The van der Waals surface area contributed by atoms with Crippen molar-refractivity contribution in [2.75, 3.05) is 0 Å². The van der Waals surface area contributed by atoms with Crippen LogP contribution < -0.4 is 4.74 Å². The fourth-order valence-corrected chi connectivity index (χ4v) is 1.63. The minimum absolute atomic E-state index is 0.195. The van der Waals surface area contributed by atoms with Crippen molar-refractivity contribution in [1.82, 2.24) is 0 Å². The summed E-state index contributed by atoms with van der Waals surface area (Å²) in [7, 11) is 0. The molecular weight excluding hydrogens is 247 g/mol. The summed E-state index contributed by atoms with van der Waals surface area (Å²) >= 11 is 0. The molecule has 0 aliphatic heterocycles. The standard InChI is InChI=1S/C15H13FO3/c1-10-2-7-13(16)14(8-10)19-9-11-3-5-12(6-4-11)15(17)18/h2-8H,9H2,1H3,(H,17,18). The summed E-state index contributed by atoms with van der Waals surface area (Å²) < 4.78 is 18.8. The van der Waals surface area contributed by atoms with Gasteiger partial charge in [-0.1, -0.05) is 18.2 Å². The molecule has 98 valence electrons. The van der Waals surface area contributed by atoms with E-state index in [0.29, 0.717) is 0 Å². The number of benzene rings is 2. The van der Waals surface area contributed by atoms with Crippen molar-refractivity contribution in [2.24, 2.45) is 0 Å². The van der Waals surface area contributed by atoms with Crippen molar-refractivity contribution in [1.29, 1.82) is 0 Å². The lowest BCUT2D eigenvalue weighted by molar-refractivity contribution is 0.0697. The third-order valence-electron chi connectivity index (χ3n) is 2.68. The maximum absolute atomic E-state index is 13.4. The van der Waals surface area contributed by atoms with Crippen LogP contribution >= 0.6 is 0 Å². The molecule has 4 heteroatoms. The highest BCUT2D eigenvalue weighted by Crippen LogP contribution is 2.19. The monoisotopic (exact) mass is 260 g/mol. The lowest BCUT2D eigenvalue weighted by Crippen LogP contribution is -2.00. The molecule has 2 aromatic carbocycles. The fraction of sp³-hybridized carbons (Fsp3) is 0.133. The van der Waals surface area contributed by atoms with Gasteiger partial charge in [-0.15, -0.1) is 0 Å². The van der Waals surface area contributed by atoms with Gasteiger partial charge in [-0.25, -0.2) is 9.18 Å². The molecule has 0 aliphatic carbocycles. The Morgan fingerprint density at radius 1 is 1.21 bits per heavy atom. The van der Waals surface area contributed by atoms with Gasteiger partial charge in [0.2, 0.25) is 0 Å². The zero-order valence-electron chi connectivity index (χ0n) is 10.4. The molecule has 0 saturated carbocycles. The molecule has 19 heavy (non-hydrogen) atoms. The zero-order valence-corrected chi connectivity index (χ0v) is 10.4. The Kier molecular flexibility index (Phi) is 3.80. The SMILES string of the molecule is Cc1ccc(F)c(OCc2ccc(C(=O)O)cc2)c1. The summed E-state index contributed by atoms with van der Waals surface area (Å²) in [5, 5.41) is 8.77. The third kappa shape index (κ3) is 3.31. The summed E-state index contributed by atoms with van der Waals surface area (Å²) in [5.41, 5.74) is 1.91. The van der Waals surface area contributed by atoms with Crippen molar-refractivity contribution in [3.8, 4) is 5.75 Å². The van der Waals surface area contributed by atoms with E-state index in [9.17, 15) is 9.18 Å². The van der Waals surface area contributed by atoms with E-state index in [2.05, 4.69) is 0 Å². The number of hydrogen-bond donors (Lipinski definition) is 1. The molecule has 0 radical (unpaired) electrons. The van der Waals surface area contributed by atoms with E-state index < -0.39 is 11.8 Å². The molecule has 2 aromatic rings. The number of carboxylic acids is 1. The molecule has 0 heterocycles. The van der Waals surface area contributed by atoms with Gasteiger partial charge in [0.05, 0.1) is 5.56 Å². The van der Waals surface area contributed by atoms with E-state index in [1.165, 1.54) is 18.2 Å². The van der Waals surface area contributed by atoms with Crippen LogP contribution in [-0.4, -0.2) is 11.1 Å². The fourth-order valence-electron chi connectivity index (χ4n) is 1.63. The van der Waals surface area contributed by atoms with Crippen LogP contribution in [0.3, 0.4) is 0 Å². The summed E-state index contributed by atoms with van der Waals surface area (Å²) in [6.07, 6.45) is 0. The first-order valence-corrected chi connectivity index (χ1v) is 5.77. The normalized spacial score (nSPS) is 10.2. The van der Waals surface area contributed by atoms with Gasteiger partial charge in [0, 0.05) is 0 Å². The number of hydrogen-bond acceptors (Lipinski definition) is 2. The van der Waals surface area contributed by atoms with Crippen LogP contribution in [0.1, 0.15) is 21.5 Å². The number of ether oxygens (including phenoxy) is 1. The van der Waals surface area contributed by atoms with Crippen molar-refractivity contribution < 1.29 is 19.0 Å². The lowest BCUT2D eigenvalue weighted by atomic mass is 10.1. The molecule has 2 rings (SSSR count). The summed E-state index contributed by atoms with van der Waals surface area (Å²) in [6.45, 7) is 2.05. The second-order valence-corrected chi connectivity index (χ2v) is 4.22. The Balaban J connectivity index is 2.06. The van der Waals surface area contributed by atoms with Crippen LogP contribution in [0.25, 0.3) is 0 Å². The average molecular weight is 260 g/mol. The molecule has 0 aliphatic rings. The Labute approximate surface area is 110 Å². The smallest absolute Gasteiger partial charge is 0.335 e. The first-order valence-electron chi connectivity index (χ1n) is 5.77. The van der Waals surface area contributed by atoms with Gasteiger partial charge in [-0.2, -0.15) is 0 Å². The molecule has 3 nitrogen and oxygen atoms in total. The van der Waals surface area contributed by atoms with E-state index in [0.717, 1.165) is 11.1 Å². The summed E-state index contributed by atoms with van der Waals surface area (Å²) in [6, 6.07) is 10.9. The molecule has 0 fully saturated rings. The van der Waals surface area contributed by atoms with Crippen molar-refractivity contribution in [3.05, 3.63) is 65.0 Å². The minimum Gasteiger partial charge on any atom is -0.486 e. The average Bonchev–Trinajstić information content (AvgIpc) is 2.40. The number of carboxylic acid groups (broad SMARTS) is 1. The topological polar surface area (TPSA) is 46.5 Å². The van der Waals surface area contributed by atoms with Crippen LogP contribution in [0, 0.1) is 12.7 Å². The molecule has 0 unspecified atom stereocenters. The molecule has 0 aromatic heterocycles. The van der Waals surface area contributed by atoms with Gasteiger partial charge in [0.15, 0.2) is 11.6 Å². The van der Waals surface area contributed by atoms with Gasteiger partial charge < -0.3 is 9.84 Å². The predicted molar refractivity (Wildman–Crippen MR) is 68.9 cm³/mol. The van der Waals surface area contributed by atoms with Crippen molar-refractivity contribution in [3.63, 3.8) is 0 Å². The highest BCUT2D eigenvalue weighted by Gasteiger charge is 2.05. The highest BCUT2D eigenvalue weighted by atomic mass is 19.1. The van der Waals surface area contributed by atoms with E-state index in [4.69, 9.17) is 9.84 Å². The Morgan fingerprint density at radius 2 is 1.89 bits per heavy atom. The van der Waals surface area contributed by atoms with Gasteiger partial charge >= 0.3 is 5.97 Å². The highest BCUT2D eigenvalue weighted by molar-refractivity contribution is 5.87. The maximum atomic E-state index is 13.4. The maximum Gasteiger partial charge on any atom is 0.335 e. The Morgan fingerprint density at radius 3 is 2.53 bits per heavy atom. The van der Waals surface area contributed by atoms with Crippen LogP contribution in [0.2, 0.25) is 0 Å². The van der Waals surface area contributed by atoms with E-state index in [1.54, 1.807) is 24.3 Å². The van der Waals surface area contributed by atoms with Crippen LogP contribution in [0.4, 0.5) is 4.39 Å². The first-order chi connectivity index (χ1) is 9.06. The molecule has 0 spiro atoms. The summed E-state index contributed by atoms with van der Waals surface area (Å²) in [5.74, 6) is -1.19. The molecule has 0 saturated heterocycles. The van der Waals surface area contributed by atoms with E-state index in [1.807, 2.05) is 6.92 Å². The number of halogens is 1. The Bertz CT molecular complexity index is 591. The van der Waals surface area contributed by atoms with Gasteiger partial charge in [0.1, 0.15) is 6.61 Å². The molecule has 1 N–H and O–H groups in total. The van der Waals surface area contributed by atoms with Gasteiger partial charge in [-0.05, 0) is 42.3 Å². The van der Waals surface area contributed by atoms with Crippen LogP contribution in [-0.2, 0) is 6.61 Å². The number of carbonyl (C=O) groups is 1. The minimum atomic E-state index is -0.975.